The van der Waals surface area contributed by atoms with E-state index in [9.17, 15) is 4.39 Å². The Morgan fingerprint density at radius 3 is 2.86 bits per heavy atom. The molecule has 0 aliphatic heterocycles. The number of pyridine rings is 1. The van der Waals surface area contributed by atoms with Crippen molar-refractivity contribution < 1.29 is 4.39 Å². The van der Waals surface area contributed by atoms with Crippen LogP contribution in [0.15, 0.2) is 28.9 Å². The van der Waals surface area contributed by atoms with E-state index < -0.39 is 0 Å². The van der Waals surface area contributed by atoms with Crippen LogP contribution >= 0.6 is 15.9 Å². The molecule has 72 valence electrons. The summed E-state index contributed by atoms with van der Waals surface area (Å²) >= 11 is 3.37. The molecule has 1 aromatic heterocycles. The standard InChI is InChI=1S/C11H9BrFN/c1-2-7-5-8-3-4-9(13)6-10(8)14-11(7)12/h3-6H,2H2,1H3. The van der Waals surface area contributed by atoms with Crippen molar-refractivity contribution in [2.45, 2.75) is 13.3 Å². The van der Waals surface area contributed by atoms with E-state index in [1.807, 2.05) is 6.07 Å². The number of nitrogens with zero attached hydrogens (tertiary/aromatic N) is 1. The quantitative estimate of drug-likeness (QED) is 0.707. The Balaban J connectivity index is 2.73. The monoisotopic (exact) mass is 253 g/mol. The zero-order valence-electron chi connectivity index (χ0n) is 7.72. The van der Waals surface area contributed by atoms with Crippen molar-refractivity contribution in [2.24, 2.45) is 0 Å². The topological polar surface area (TPSA) is 12.9 Å². The zero-order valence-corrected chi connectivity index (χ0v) is 9.31. The van der Waals surface area contributed by atoms with Gasteiger partial charge in [-0.15, -0.1) is 0 Å². The lowest BCUT2D eigenvalue weighted by Crippen LogP contribution is -1.89. The molecule has 3 heteroatoms. The average Bonchev–Trinajstić information content (AvgIpc) is 2.16. The number of hydrogen-bond donors (Lipinski definition) is 0. The van der Waals surface area contributed by atoms with E-state index in [1.165, 1.54) is 12.1 Å². The fourth-order valence-electron chi connectivity index (χ4n) is 1.41. The number of aryl methyl sites for hydroxylation is 1. The Hall–Kier alpha value is -0.960. The largest absolute Gasteiger partial charge is 0.241 e. The zero-order chi connectivity index (χ0) is 10.1. The van der Waals surface area contributed by atoms with Gasteiger partial charge < -0.3 is 0 Å². The van der Waals surface area contributed by atoms with Crippen LogP contribution in [0.3, 0.4) is 0 Å². The maximum absolute atomic E-state index is 12.9. The van der Waals surface area contributed by atoms with E-state index in [4.69, 9.17) is 0 Å². The highest BCUT2D eigenvalue weighted by atomic mass is 79.9. The van der Waals surface area contributed by atoms with Crippen LogP contribution in [0.2, 0.25) is 0 Å². The van der Waals surface area contributed by atoms with Crippen LogP contribution in [0.1, 0.15) is 12.5 Å². The van der Waals surface area contributed by atoms with Crippen molar-refractivity contribution in [1.82, 2.24) is 4.98 Å². The van der Waals surface area contributed by atoms with Gasteiger partial charge >= 0.3 is 0 Å². The third-order valence-electron chi connectivity index (χ3n) is 2.19. The molecule has 0 N–H and O–H groups in total. The number of aromatic nitrogens is 1. The van der Waals surface area contributed by atoms with E-state index in [2.05, 4.69) is 27.8 Å². The van der Waals surface area contributed by atoms with Gasteiger partial charge in [-0.3, -0.25) is 0 Å². The first kappa shape index (κ1) is 9.59. The van der Waals surface area contributed by atoms with Gasteiger partial charge in [-0.2, -0.15) is 0 Å². The number of hydrogen-bond acceptors (Lipinski definition) is 1. The summed E-state index contributed by atoms with van der Waals surface area (Å²) in [5.41, 5.74) is 1.83. The molecule has 1 nitrogen and oxygen atoms in total. The third kappa shape index (κ3) is 1.64. The minimum Gasteiger partial charge on any atom is -0.241 e. The molecule has 0 atom stereocenters. The molecule has 0 saturated carbocycles. The normalized spacial score (nSPS) is 10.8. The summed E-state index contributed by atoms with van der Waals surface area (Å²) in [7, 11) is 0. The maximum atomic E-state index is 12.9. The molecular weight excluding hydrogens is 245 g/mol. The molecule has 0 fully saturated rings. The Labute approximate surface area is 90.1 Å². The number of fused-ring (bicyclic) bond motifs is 1. The van der Waals surface area contributed by atoms with Gasteiger partial charge in [0.25, 0.3) is 0 Å². The summed E-state index contributed by atoms with van der Waals surface area (Å²) in [4.78, 5) is 4.28. The Kier molecular flexibility index (Phi) is 2.50. The molecule has 0 aliphatic carbocycles. The highest BCUT2D eigenvalue weighted by Gasteiger charge is 2.03. The molecule has 0 amide bonds. The predicted octanol–water partition coefficient (Wildman–Crippen LogP) is 3.70. The molecule has 0 radical (unpaired) electrons. The first-order valence-corrected chi connectivity index (χ1v) is 5.24. The van der Waals surface area contributed by atoms with Crippen LogP contribution in [0.5, 0.6) is 0 Å². The second-order valence-corrected chi connectivity index (χ2v) is 3.88. The lowest BCUT2D eigenvalue weighted by atomic mass is 10.1. The second kappa shape index (κ2) is 3.65. The number of halogens is 2. The summed E-state index contributed by atoms with van der Waals surface area (Å²) in [5, 5.41) is 0.978. The van der Waals surface area contributed by atoms with Crippen molar-refractivity contribution in [3.05, 3.63) is 40.2 Å². The molecule has 0 unspecified atom stereocenters. The SMILES string of the molecule is CCc1cc2ccc(F)cc2nc1Br. The average molecular weight is 254 g/mol. The lowest BCUT2D eigenvalue weighted by Gasteiger charge is -2.03. The van der Waals surface area contributed by atoms with Crippen LogP contribution < -0.4 is 0 Å². The van der Waals surface area contributed by atoms with Crippen molar-refractivity contribution in [1.29, 1.82) is 0 Å². The number of rotatable bonds is 1. The maximum Gasteiger partial charge on any atom is 0.125 e. The van der Waals surface area contributed by atoms with Crippen molar-refractivity contribution in [2.75, 3.05) is 0 Å². The predicted molar refractivity (Wildman–Crippen MR) is 58.8 cm³/mol. The second-order valence-electron chi connectivity index (χ2n) is 3.13. The molecular formula is C11H9BrFN. The lowest BCUT2D eigenvalue weighted by molar-refractivity contribution is 0.629. The number of benzene rings is 1. The van der Waals surface area contributed by atoms with Gasteiger partial charge in [0.05, 0.1) is 5.52 Å². The molecule has 1 heterocycles. The minimum atomic E-state index is -0.249. The van der Waals surface area contributed by atoms with Gasteiger partial charge in [0, 0.05) is 11.5 Å². The van der Waals surface area contributed by atoms with Gasteiger partial charge in [-0.05, 0) is 46.1 Å². The molecule has 1 aromatic carbocycles. The summed E-state index contributed by atoms with van der Waals surface area (Å²) in [5.74, 6) is -0.249. The first-order chi connectivity index (χ1) is 6.70. The molecule has 0 spiro atoms. The van der Waals surface area contributed by atoms with Gasteiger partial charge in [0.15, 0.2) is 0 Å². The van der Waals surface area contributed by atoms with Crippen molar-refractivity contribution >= 4 is 26.8 Å². The highest BCUT2D eigenvalue weighted by molar-refractivity contribution is 9.10. The van der Waals surface area contributed by atoms with Crippen LogP contribution in [0.4, 0.5) is 4.39 Å². The van der Waals surface area contributed by atoms with E-state index in [1.54, 1.807) is 6.07 Å². The molecule has 0 aliphatic rings. The minimum absolute atomic E-state index is 0.249. The summed E-state index contributed by atoms with van der Waals surface area (Å²) in [6.07, 6.45) is 0.918. The van der Waals surface area contributed by atoms with E-state index in [0.717, 1.165) is 22.0 Å². The first-order valence-electron chi connectivity index (χ1n) is 4.45. The Bertz CT molecular complexity index is 482. The molecule has 0 saturated heterocycles. The molecule has 2 rings (SSSR count). The fraction of sp³-hybridized carbons (Fsp3) is 0.182. The summed E-state index contributed by atoms with van der Waals surface area (Å²) in [6, 6.07) is 6.69. The van der Waals surface area contributed by atoms with E-state index in [-0.39, 0.29) is 5.82 Å². The van der Waals surface area contributed by atoms with Crippen molar-refractivity contribution in [3.8, 4) is 0 Å². The van der Waals surface area contributed by atoms with Crippen LogP contribution in [0, 0.1) is 5.82 Å². The summed E-state index contributed by atoms with van der Waals surface area (Å²) in [6.45, 7) is 2.07. The van der Waals surface area contributed by atoms with E-state index >= 15 is 0 Å². The highest BCUT2D eigenvalue weighted by Crippen LogP contribution is 2.21. The van der Waals surface area contributed by atoms with Crippen LogP contribution in [0.25, 0.3) is 10.9 Å². The smallest absolute Gasteiger partial charge is 0.125 e. The molecule has 2 aromatic rings. The van der Waals surface area contributed by atoms with Gasteiger partial charge in [0.1, 0.15) is 10.4 Å². The summed E-state index contributed by atoms with van der Waals surface area (Å²) < 4.78 is 13.7. The fourth-order valence-corrected chi connectivity index (χ4v) is 1.99. The molecule has 0 bridgehead atoms. The van der Waals surface area contributed by atoms with Gasteiger partial charge in [-0.25, -0.2) is 9.37 Å². The Morgan fingerprint density at radius 2 is 2.14 bits per heavy atom. The van der Waals surface area contributed by atoms with Crippen LogP contribution in [-0.4, -0.2) is 4.98 Å². The molecule has 14 heavy (non-hydrogen) atoms. The van der Waals surface area contributed by atoms with Crippen molar-refractivity contribution in [3.63, 3.8) is 0 Å². The van der Waals surface area contributed by atoms with Gasteiger partial charge in [-0.1, -0.05) is 6.92 Å². The van der Waals surface area contributed by atoms with E-state index in [0.29, 0.717) is 5.52 Å². The Morgan fingerprint density at radius 1 is 1.36 bits per heavy atom. The van der Waals surface area contributed by atoms with Gasteiger partial charge in [0.2, 0.25) is 0 Å². The third-order valence-corrected chi connectivity index (χ3v) is 2.87. The van der Waals surface area contributed by atoms with Crippen LogP contribution in [-0.2, 0) is 6.42 Å².